The summed E-state index contributed by atoms with van der Waals surface area (Å²) in [7, 11) is 3.05. The fourth-order valence-electron chi connectivity index (χ4n) is 4.09. The molecule has 1 aliphatic rings. The van der Waals surface area contributed by atoms with Crippen molar-refractivity contribution in [2.24, 2.45) is 14.1 Å². The molecule has 4 rings (SSSR count). The highest BCUT2D eigenvalue weighted by atomic mass is 16.2. The monoisotopic (exact) mass is 395 g/mol. The number of fused-ring (bicyclic) bond motifs is 2. The van der Waals surface area contributed by atoms with Crippen LogP contribution in [0.25, 0.3) is 11.2 Å². The van der Waals surface area contributed by atoms with Crippen molar-refractivity contribution in [2.75, 3.05) is 5.32 Å². The zero-order valence-corrected chi connectivity index (χ0v) is 16.8. The molecule has 0 radical (unpaired) electrons. The Bertz CT molecular complexity index is 1200. The van der Waals surface area contributed by atoms with Crippen LogP contribution >= 0.6 is 0 Å². The second kappa shape index (κ2) is 7.69. The Kier molecular flexibility index (Phi) is 5.08. The number of amides is 1. The van der Waals surface area contributed by atoms with Crippen molar-refractivity contribution in [3.63, 3.8) is 0 Å². The average molecular weight is 395 g/mol. The highest BCUT2D eigenvalue weighted by molar-refractivity contribution is 5.91. The Balaban J connectivity index is 1.44. The van der Waals surface area contributed by atoms with Crippen molar-refractivity contribution >= 4 is 22.8 Å². The van der Waals surface area contributed by atoms with E-state index in [9.17, 15) is 14.4 Å². The van der Waals surface area contributed by atoms with Gasteiger partial charge in [-0.05, 0) is 49.3 Å². The summed E-state index contributed by atoms with van der Waals surface area (Å²) in [6, 6.07) is 6.11. The molecule has 1 N–H and O–H groups in total. The van der Waals surface area contributed by atoms with Crippen LogP contribution in [0.3, 0.4) is 0 Å². The largest absolute Gasteiger partial charge is 0.332 e. The highest BCUT2D eigenvalue weighted by Gasteiger charge is 2.16. The number of aryl methyl sites for hydroxylation is 3. The zero-order valence-electron chi connectivity index (χ0n) is 16.8. The summed E-state index contributed by atoms with van der Waals surface area (Å²) in [4.78, 5) is 41.2. The Hall–Kier alpha value is -3.16. The molecule has 1 amide bonds. The van der Waals surface area contributed by atoms with Gasteiger partial charge in [0.15, 0.2) is 11.2 Å². The van der Waals surface area contributed by atoms with Gasteiger partial charge in [-0.2, -0.15) is 0 Å². The van der Waals surface area contributed by atoms with E-state index < -0.39 is 5.69 Å². The number of rotatable bonds is 5. The second-order valence-electron chi connectivity index (χ2n) is 7.62. The van der Waals surface area contributed by atoms with Crippen LogP contribution in [-0.2, 0) is 38.3 Å². The van der Waals surface area contributed by atoms with Gasteiger partial charge in [-0.1, -0.05) is 12.1 Å². The predicted molar refractivity (Wildman–Crippen MR) is 111 cm³/mol. The normalized spacial score (nSPS) is 13.4. The van der Waals surface area contributed by atoms with Gasteiger partial charge in [0.25, 0.3) is 5.56 Å². The second-order valence-corrected chi connectivity index (χ2v) is 7.62. The van der Waals surface area contributed by atoms with E-state index in [2.05, 4.69) is 16.4 Å². The van der Waals surface area contributed by atoms with Crippen LogP contribution in [-0.4, -0.2) is 24.6 Å². The minimum Gasteiger partial charge on any atom is -0.326 e. The molecule has 0 unspecified atom stereocenters. The van der Waals surface area contributed by atoms with Gasteiger partial charge in [0, 0.05) is 32.7 Å². The maximum absolute atomic E-state index is 12.5. The number of anilines is 1. The molecule has 0 saturated heterocycles. The highest BCUT2D eigenvalue weighted by Crippen LogP contribution is 2.28. The van der Waals surface area contributed by atoms with E-state index in [0.29, 0.717) is 30.6 Å². The number of imidazole rings is 1. The molecule has 0 bridgehead atoms. The smallest absolute Gasteiger partial charge is 0.326 e. The molecule has 8 heteroatoms. The van der Waals surface area contributed by atoms with Crippen molar-refractivity contribution in [2.45, 2.75) is 45.1 Å². The van der Waals surface area contributed by atoms with Crippen LogP contribution in [0.4, 0.5) is 5.69 Å². The number of nitrogens with one attached hydrogen (secondary N) is 1. The van der Waals surface area contributed by atoms with Crippen LogP contribution in [0, 0.1) is 0 Å². The number of aromatic nitrogens is 4. The van der Waals surface area contributed by atoms with Gasteiger partial charge in [0.1, 0.15) is 0 Å². The van der Waals surface area contributed by atoms with E-state index in [0.717, 1.165) is 29.5 Å². The molecule has 2 heterocycles. The number of carbonyl (C=O) groups is 1. The number of hydrogen-bond acceptors (Lipinski definition) is 4. The Morgan fingerprint density at radius 1 is 1.14 bits per heavy atom. The molecule has 3 aromatic rings. The Morgan fingerprint density at radius 2 is 1.93 bits per heavy atom. The van der Waals surface area contributed by atoms with E-state index in [-0.39, 0.29) is 11.5 Å². The third-order valence-corrected chi connectivity index (χ3v) is 5.69. The van der Waals surface area contributed by atoms with Crippen LogP contribution in [0.15, 0.2) is 34.1 Å². The third kappa shape index (κ3) is 3.50. The lowest BCUT2D eigenvalue weighted by atomic mass is 9.90. The summed E-state index contributed by atoms with van der Waals surface area (Å²) in [5, 5.41) is 3.05. The van der Waals surface area contributed by atoms with Crippen molar-refractivity contribution in [1.29, 1.82) is 0 Å². The molecule has 2 aromatic heterocycles. The lowest BCUT2D eigenvalue weighted by molar-refractivity contribution is -0.116. The maximum atomic E-state index is 12.5. The van der Waals surface area contributed by atoms with Gasteiger partial charge < -0.3 is 9.88 Å². The number of carbonyl (C=O) groups excluding carboxylic acids is 1. The van der Waals surface area contributed by atoms with E-state index in [1.807, 2.05) is 12.1 Å². The molecule has 1 aromatic carbocycles. The molecule has 29 heavy (non-hydrogen) atoms. The van der Waals surface area contributed by atoms with Crippen molar-refractivity contribution in [1.82, 2.24) is 18.7 Å². The first-order valence-electron chi connectivity index (χ1n) is 9.99. The third-order valence-electron chi connectivity index (χ3n) is 5.69. The molecular formula is C21H25N5O3. The molecule has 0 saturated carbocycles. The predicted octanol–water partition coefficient (Wildman–Crippen LogP) is 1.73. The Labute approximate surface area is 167 Å². The zero-order chi connectivity index (χ0) is 20.5. The lowest BCUT2D eigenvalue weighted by Gasteiger charge is -2.19. The van der Waals surface area contributed by atoms with E-state index in [4.69, 9.17) is 0 Å². The Morgan fingerprint density at radius 3 is 2.76 bits per heavy atom. The first kappa shape index (κ1) is 19.2. The standard InChI is InChI=1S/C21H25N5O3/c1-24-19-18(20(28)25(2)21(24)29)26(13-22-19)12-6-11-17(27)23-16-10-5-8-14-7-3-4-9-15(14)16/h5,8,10,13H,3-4,6-7,9,11-12H2,1-2H3,(H,23,27). The summed E-state index contributed by atoms with van der Waals surface area (Å²) in [6.07, 6.45) is 6.91. The SMILES string of the molecule is Cn1c(=O)c2c(ncn2CCCC(=O)Nc2cccc3c2CCCC3)n(C)c1=O. The molecule has 0 atom stereocenters. The van der Waals surface area contributed by atoms with Crippen LogP contribution in [0.2, 0.25) is 0 Å². The first-order chi connectivity index (χ1) is 14.0. The molecule has 8 nitrogen and oxygen atoms in total. The molecule has 0 spiro atoms. The summed E-state index contributed by atoms with van der Waals surface area (Å²) < 4.78 is 4.15. The van der Waals surface area contributed by atoms with E-state index >= 15 is 0 Å². The number of nitrogens with zero attached hydrogens (tertiary/aromatic N) is 4. The van der Waals surface area contributed by atoms with Crippen LogP contribution in [0.1, 0.15) is 36.8 Å². The van der Waals surface area contributed by atoms with Crippen molar-refractivity contribution in [3.8, 4) is 0 Å². The fraction of sp³-hybridized carbons (Fsp3) is 0.429. The van der Waals surface area contributed by atoms with Gasteiger partial charge in [-0.3, -0.25) is 18.7 Å². The molecule has 1 aliphatic carbocycles. The fourth-order valence-corrected chi connectivity index (χ4v) is 4.09. The topological polar surface area (TPSA) is 90.9 Å². The van der Waals surface area contributed by atoms with E-state index in [1.54, 1.807) is 17.9 Å². The van der Waals surface area contributed by atoms with E-state index in [1.165, 1.54) is 29.2 Å². The summed E-state index contributed by atoms with van der Waals surface area (Å²) in [6.45, 7) is 0.476. The van der Waals surface area contributed by atoms with Crippen LogP contribution < -0.4 is 16.6 Å². The molecule has 152 valence electrons. The minimum absolute atomic E-state index is 0.0336. The van der Waals surface area contributed by atoms with Crippen LogP contribution in [0.5, 0.6) is 0 Å². The molecule has 0 fully saturated rings. The summed E-state index contributed by atoms with van der Waals surface area (Å²) in [5.74, 6) is -0.0336. The van der Waals surface area contributed by atoms with Crippen molar-refractivity contribution in [3.05, 3.63) is 56.5 Å². The minimum atomic E-state index is -0.404. The summed E-state index contributed by atoms with van der Waals surface area (Å²) in [5.41, 5.74) is 3.48. The van der Waals surface area contributed by atoms with Gasteiger partial charge in [0.2, 0.25) is 5.91 Å². The quantitative estimate of drug-likeness (QED) is 0.712. The molecule has 0 aliphatic heterocycles. The van der Waals surface area contributed by atoms with Gasteiger partial charge in [-0.25, -0.2) is 9.78 Å². The summed E-state index contributed by atoms with van der Waals surface area (Å²) >= 11 is 0. The lowest BCUT2D eigenvalue weighted by Crippen LogP contribution is -2.37. The average Bonchev–Trinajstić information content (AvgIpc) is 3.15. The van der Waals surface area contributed by atoms with Gasteiger partial charge >= 0.3 is 5.69 Å². The maximum Gasteiger partial charge on any atom is 0.332 e. The number of benzene rings is 1. The van der Waals surface area contributed by atoms with Crippen molar-refractivity contribution < 1.29 is 4.79 Å². The first-order valence-corrected chi connectivity index (χ1v) is 9.99. The van der Waals surface area contributed by atoms with Gasteiger partial charge in [0.05, 0.1) is 6.33 Å². The number of hydrogen-bond donors (Lipinski definition) is 1. The molecular weight excluding hydrogens is 370 g/mol. The van der Waals surface area contributed by atoms with Gasteiger partial charge in [-0.15, -0.1) is 0 Å².